The van der Waals surface area contributed by atoms with Crippen LogP contribution in [0.1, 0.15) is 12.5 Å². The SMILES string of the molecule is Cc1cccc(NCC(C)CN)c1F. The fourth-order valence-corrected chi connectivity index (χ4v) is 1.15. The van der Waals surface area contributed by atoms with E-state index in [0.717, 1.165) is 0 Å². The Labute approximate surface area is 84.3 Å². The smallest absolute Gasteiger partial charge is 0.149 e. The van der Waals surface area contributed by atoms with E-state index in [0.29, 0.717) is 30.3 Å². The maximum atomic E-state index is 13.5. The van der Waals surface area contributed by atoms with Crippen LogP contribution in [0.5, 0.6) is 0 Å². The van der Waals surface area contributed by atoms with Crippen molar-refractivity contribution in [1.29, 1.82) is 0 Å². The molecule has 0 radical (unpaired) electrons. The van der Waals surface area contributed by atoms with Gasteiger partial charge in [0.1, 0.15) is 5.82 Å². The van der Waals surface area contributed by atoms with Crippen LogP contribution in [0, 0.1) is 18.7 Å². The highest BCUT2D eigenvalue weighted by molar-refractivity contribution is 5.47. The van der Waals surface area contributed by atoms with Gasteiger partial charge in [-0.1, -0.05) is 19.1 Å². The first-order valence-corrected chi connectivity index (χ1v) is 4.84. The Balaban J connectivity index is 2.63. The van der Waals surface area contributed by atoms with E-state index in [2.05, 4.69) is 5.32 Å². The second-order valence-corrected chi connectivity index (χ2v) is 3.66. The minimum absolute atomic E-state index is 0.170. The summed E-state index contributed by atoms with van der Waals surface area (Å²) < 4.78 is 13.5. The zero-order valence-corrected chi connectivity index (χ0v) is 8.68. The molecule has 1 rings (SSSR count). The highest BCUT2D eigenvalue weighted by Gasteiger charge is 2.05. The maximum absolute atomic E-state index is 13.5. The number of halogens is 1. The number of benzene rings is 1. The molecule has 1 unspecified atom stereocenters. The van der Waals surface area contributed by atoms with Crippen LogP contribution in [0.2, 0.25) is 0 Å². The molecule has 78 valence electrons. The van der Waals surface area contributed by atoms with Crippen LogP contribution >= 0.6 is 0 Å². The average Bonchev–Trinajstić information content (AvgIpc) is 2.20. The molecule has 0 aliphatic carbocycles. The van der Waals surface area contributed by atoms with E-state index in [1.165, 1.54) is 0 Å². The van der Waals surface area contributed by atoms with Crippen molar-refractivity contribution < 1.29 is 4.39 Å². The second-order valence-electron chi connectivity index (χ2n) is 3.66. The van der Waals surface area contributed by atoms with Crippen LogP contribution < -0.4 is 11.1 Å². The molecule has 0 saturated heterocycles. The van der Waals surface area contributed by atoms with Crippen LogP contribution in [0.25, 0.3) is 0 Å². The Morgan fingerprint density at radius 3 is 2.86 bits per heavy atom. The lowest BCUT2D eigenvalue weighted by molar-refractivity contribution is 0.604. The fraction of sp³-hybridized carbons (Fsp3) is 0.455. The minimum atomic E-state index is -0.170. The molecule has 0 heterocycles. The summed E-state index contributed by atoms with van der Waals surface area (Å²) in [6.07, 6.45) is 0. The molecule has 1 aromatic carbocycles. The number of aryl methyl sites for hydroxylation is 1. The molecule has 0 fully saturated rings. The summed E-state index contributed by atoms with van der Waals surface area (Å²) in [5, 5.41) is 3.05. The van der Waals surface area contributed by atoms with Gasteiger partial charge in [0, 0.05) is 6.54 Å². The molecule has 0 saturated carbocycles. The highest BCUT2D eigenvalue weighted by Crippen LogP contribution is 2.17. The third kappa shape index (κ3) is 2.70. The number of nitrogens with two attached hydrogens (primary N) is 1. The van der Waals surface area contributed by atoms with E-state index < -0.39 is 0 Å². The van der Waals surface area contributed by atoms with E-state index in [1.54, 1.807) is 19.1 Å². The first-order chi connectivity index (χ1) is 6.65. The van der Waals surface area contributed by atoms with E-state index in [9.17, 15) is 4.39 Å². The molecule has 0 aliphatic rings. The average molecular weight is 196 g/mol. The summed E-state index contributed by atoms with van der Waals surface area (Å²) in [4.78, 5) is 0. The summed E-state index contributed by atoms with van der Waals surface area (Å²) in [6.45, 7) is 5.10. The van der Waals surface area contributed by atoms with Gasteiger partial charge in [-0.2, -0.15) is 0 Å². The number of nitrogens with one attached hydrogen (secondary N) is 1. The Bertz CT molecular complexity index is 299. The van der Waals surface area contributed by atoms with Crippen LogP contribution in [-0.4, -0.2) is 13.1 Å². The van der Waals surface area contributed by atoms with Gasteiger partial charge in [-0.05, 0) is 31.0 Å². The summed E-state index contributed by atoms with van der Waals surface area (Å²) in [5.74, 6) is 0.187. The highest BCUT2D eigenvalue weighted by atomic mass is 19.1. The summed E-state index contributed by atoms with van der Waals surface area (Å²) in [6, 6.07) is 5.34. The fourth-order valence-electron chi connectivity index (χ4n) is 1.15. The van der Waals surface area contributed by atoms with E-state index in [4.69, 9.17) is 5.73 Å². The normalized spacial score (nSPS) is 12.6. The Morgan fingerprint density at radius 2 is 2.21 bits per heavy atom. The minimum Gasteiger partial charge on any atom is -0.382 e. The zero-order chi connectivity index (χ0) is 10.6. The van der Waals surface area contributed by atoms with Gasteiger partial charge in [0.15, 0.2) is 0 Å². The molecule has 0 bridgehead atoms. The van der Waals surface area contributed by atoms with Crippen molar-refractivity contribution >= 4 is 5.69 Å². The first-order valence-electron chi connectivity index (χ1n) is 4.84. The Morgan fingerprint density at radius 1 is 1.50 bits per heavy atom. The molecule has 0 spiro atoms. The summed E-state index contributed by atoms with van der Waals surface area (Å²) >= 11 is 0. The van der Waals surface area contributed by atoms with Crippen LogP contribution in [0.3, 0.4) is 0 Å². The van der Waals surface area contributed by atoms with E-state index in [1.807, 2.05) is 13.0 Å². The number of rotatable bonds is 4. The molecule has 3 heteroatoms. The molecule has 0 aliphatic heterocycles. The lowest BCUT2D eigenvalue weighted by Gasteiger charge is -2.12. The van der Waals surface area contributed by atoms with Crippen LogP contribution in [0.4, 0.5) is 10.1 Å². The maximum Gasteiger partial charge on any atom is 0.149 e. The molecular weight excluding hydrogens is 179 g/mol. The van der Waals surface area contributed by atoms with Gasteiger partial charge < -0.3 is 11.1 Å². The van der Waals surface area contributed by atoms with Gasteiger partial charge in [-0.25, -0.2) is 4.39 Å². The van der Waals surface area contributed by atoms with Gasteiger partial charge in [-0.3, -0.25) is 0 Å². The van der Waals surface area contributed by atoms with E-state index in [-0.39, 0.29) is 5.82 Å². The molecule has 0 amide bonds. The predicted molar refractivity (Wildman–Crippen MR) is 57.8 cm³/mol. The van der Waals surface area contributed by atoms with Crippen molar-refractivity contribution in [2.75, 3.05) is 18.4 Å². The van der Waals surface area contributed by atoms with Crippen molar-refractivity contribution in [3.05, 3.63) is 29.6 Å². The molecule has 0 aromatic heterocycles. The molecule has 2 nitrogen and oxygen atoms in total. The number of anilines is 1. The summed E-state index contributed by atoms with van der Waals surface area (Å²) in [5.41, 5.74) is 6.69. The van der Waals surface area contributed by atoms with Crippen molar-refractivity contribution in [3.63, 3.8) is 0 Å². The van der Waals surface area contributed by atoms with Gasteiger partial charge >= 0.3 is 0 Å². The van der Waals surface area contributed by atoms with Gasteiger partial charge in [0.2, 0.25) is 0 Å². The quantitative estimate of drug-likeness (QED) is 0.774. The second kappa shape index (κ2) is 4.96. The van der Waals surface area contributed by atoms with Gasteiger partial charge in [-0.15, -0.1) is 0 Å². The third-order valence-corrected chi connectivity index (χ3v) is 2.24. The monoisotopic (exact) mass is 196 g/mol. The molecule has 14 heavy (non-hydrogen) atoms. The van der Waals surface area contributed by atoms with E-state index >= 15 is 0 Å². The molecule has 1 aromatic rings. The van der Waals surface area contributed by atoms with Gasteiger partial charge in [0.25, 0.3) is 0 Å². The molecule has 3 N–H and O–H groups in total. The predicted octanol–water partition coefficient (Wildman–Crippen LogP) is 2.14. The van der Waals surface area contributed by atoms with Crippen molar-refractivity contribution in [3.8, 4) is 0 Å². The first kappa shape index (κ1) is 11.0. The van der Waals surface area contributed by atoms with Crippen molar-refractivity contribution in [1.82, 2.24) is 0 Å². The third-order valence-electron chi connectivity index (χ3n) is 2.24. The topological polar surface area (TPSA) is 38.0 Å². The Kier molecular flexibility index (Phi) is 3.89. The summed E-state index contributed by atoms with van der Waals surface area (Å²) in [7, 11) is 0. The van der Waals surface area contributed by atoms with Crippen LogP contribution in [-0.2, 0) is 0 Å². The lowest BCUT2D eigenvalue weighted by atomic mass is 10.1. The zero-order valence-electron chi connectivity index (χ0n) is 8.68. The number of hydrogen-bond acceptors (Lipinski definition) is 2. The largest absolute Gasteiger partial charge is 0.382 e. The van der Waals surface area contributed by atoms with Gasteiger partial charge in [0.05, 0.1) is 5.69 Å². The number of hydrogen-bond donors (Lipinski definition) is 2. The van der Waals surface area contributed by atoms with Crippen molar-refractivity contribution in [2.24, 2.45) is 11.7 Å². The molecule has 1 atom stereocenters. The molecular formula is C11H17FN2. The standard InChI is InChI=1S/C11H17FN2/c1-8(6-13)7-14-10-5-3-4-9(2)11(10)12/h3-5,8,14H,6-7,13H2,1-2H3. The van der Waals surface area contributed by atoms with Crippen molar-refractivity contribution in [2.45, 2.75) is 13.8 Å². The Hall–Kier alpha value is -1.09. The lowest BCUT2D eigenvalue weighted by Crippen LogP contribution is -2.20. The van der Waals surface area contributed by atoms with Crippen LogP contribution in [0.15, 0.2) is 18.2 Å².